The third-order valence-electron chi connectivity index (χ3n) is 5.01. The third-order valence-corrected chi connectivity index (χ3v) is 5.85. The minimum absolute atomic E-state index is 0.0110. The minimum Gasteiger partial charge on any atom is -0.395 e. The van der Waals surface area contributed by atoms with Crippen LogP contribution in [0.5, 0.6) is 0 Å². The van der Waals surface area contributed by atoms with Gasteiger partial charge in [-0.15, -0.1) is 0 Å². The molecule has 0 unspecified atom stereocenters. The predicted molar refractivity (Wildman–Crippen MR) is 105 cm³/mol. The second-order valence-electron chi connectivity index (χ2n) is 6.81. The minimum atomic E-state index is -0.0611. The van der Waals surface area contributed by atoms with Crippen LogP contribution >= 0.6 is 27.5 Å². The van der Waals surface area contributed by atoms with E-state index < -0.39 is 0 Å². The van der Waals surface area contributed by atoms with E-state index in [0.717, 1.165) is 21.9 Å². The highest BCUT2D eigenvalue weighted by Gasteiger charge is 2.19. The highest BCUT2D eigenvalue weighted by atomic mass is 79.9. The second-order valence-corrected chi connectivity index (χ2v) is 8.10. The Morgan fingerprint density at radius 1 is 1.28 bits per heavy atom. The number of rotatable bonds is 5. The molecule has 6 heteroatoms. The van der Waals surface area contributed by atoms with Gasteiger partial charge in [-0.1, -0.05) is 53.2 Å². The first-order valence-corrected chi connectivity index (χ1v) is 10.1. The highest BCUT2D eigenvalue weighted by Crippen LogP contribution is 2.32. The van der Waals surface area contributed by atoms with Gasteiger partial charge >= 0.3 is 0 Å². The molecule has 1 aromatic carbocycles. The lowest BCUT2D eigenvalue weighted by Crippen LogP contribution is -2.29. The van der Waals surface area contributed by atoms with E-state index in [1.165, 1.54) is 38.5 Å². The van der Waals surface area contributed by atoms with Crippen LogP contribution in [0.4, 0.5) is 0 Å². The van der Waals surface area contributed by atoms with E-state index in [0.29, 0.717) is 23.0 Å². The van der Waals surface area contributed by atoms with Gasteiger partial charge in [-0.2, -0.15) is 0 Å². The van der Waals surface area contributed by atoms with Crippen molar-refractivity contribution >= 4 is 44.3 Å². The molecule has 136 valence electrons. The maximum atomic E-state index is 12.8. The lowest BCUT2D eigenvalue weighted by molar-refractivity contribution is 0.0947. The monoisotopic (exact) mass is 426 g/mol. The van der Waals surface area contributed by atoms with Crippen LogP contribution in [0.1, 0.15) is 48.9 Å². The summed E-state index contributed by atoms with van der Waals surface area (Å²) in [5.74, 6) is 0.518. The Hall–Kier alpha value is -1.04. The Labute approximate surface area is 161 Å². The molecule has 1 aromatic heterocycles. The van der Waals surface area contributed by atoms with Gasteiger partial charge in [-0.05, 0) is 30.9 Å². The van der Waals surface area contributed by atoms with E-state index in [4.69, 9.17) is 11.6 Å². The quantitative estimate of drug-likeness (QED) is 0.677. The summed E-state index contributed by atoms with van der Waals surface area (Å²) in [5, 5.41) is 13.9. The van der Waals surface area contributed by atoms with Crippen molar-refractivity contribution in [1.82, 2.24) is 9.88 Å². The molecule has 1 aliphatic carbocycles. The van der Waals surface area contributed by atoms with Crippen LogP contribution in [-0.2, 0) is 6.54 Å². The number of aliphatic hydroxyl groups is 1. The number of aliphatic hydroxyl groups excluding tert-OH is 1. The molecule has 0 saturated heterocycles. The smallest absolute Gasteiger partial charge is 0.253 e. The van der Waals surface area contributed by atoms with Crippen LogP contribution in [0.2, 0.25) is 5.02 Å². The Bertz CT molecular complexity index is 751. The molecule has 0 radical (unpaired) electrons. The van der Waals surface area contributed by atoms with Crippen LogP contribution in [0, 0.1) is 5.92 Å². The molecule has 2 N–H and O–H groups in total. The molecule has 3 rings (SSSR count). The summed E-state index contributed by atoms with van der Waals surface area (Å²) in [6.45, 7) is 1.17. The van der Waals surface area contributed by atoms with E-state index >= 15 is 0 Å². The van der Waals surface area contributed by atoms with Crippen LogP contribution in [-0.4, -0.2) is 28.7 Å². The standard InChI is InChI=1S/C19H24BrClN2O2/c20-16-9-14(21)10-17-18(16)15(12-23(17)7-8-24)19(25)22-11-13-5-3-1-2-4-6-13/h9-10,12-13,24H,1-8,11H2,(H,22,25). The average Bonchev–Trinajstić information content (AvgIpc) is 2.77. The number of benzene rings is 1. The summed E-state index contributed by atoms with van der Waals surface area (Å²) >= 11 is 9.69. The van der Waals surface area contributed by atoms with Gasteiger partial charge in [0.05, 0.1) is 17.7 Å². The summed E-state index contributed by atoms with van der Waals surface area (Å²) in [6.07, 6.45) is 9.36. The Morgan fingerprint density at radius 2 is 2.00 bits per heavy atom. The lowest BCUT2D eigenvalue weighted by atomic mass is 10.0. The van der Waals surface area contributed by atoms with Crippen molar-refractivity contribution in [2.45, 2.75) is 45.1 Å². The van der Waals surface area contributed by atoms with Gasteiger partial charge in [0.25, 0.3) is 5.91 Å². The van der Waals surface area contributed by atoms with E-state index in [1.807, 2.05) is 16.8 Å². The Kier molecular flexibility index (Phi) is 6.42. The number of fused-ring (bicyclic) bond motifs is 1. The normalized spacial score (nSPS) is 16.1. The zero-order valence-electron chi connectivity index (χ0n) is 14.2. The van der Waals surface area contributed by atoms with Crippen molar-refractivity contribution in [1.29, 1.82) is 0 Å². The summed E-state index contributed by atoms with van der Waals surface area (Å²) in [4.78, 5) is 12.8. The lowest BCUT2D eigenvalue weighted by Gasteiger charge is -2.14. The summed E-state index contributed by atoms with van der Waals surface area (Å²) < 4.78 is 2.68. The first-order valence-electron chi connectivity index (χ1n) is 8.97. The van der Waals surface area contributed by atoms with Gasteiger partial charge in [0.1, 0.15) is 0 Å². The number of nitrogens with one attached hydrogen (secondary N) is 1. The molecule has 0 spiro atoms. The van der Waals surface area contributed by atoms with Gasteiger partial charge in [-0.25, -0.2) is 0 Å². The first kappa shape index (κ1) is 18.7. The molecule has 0 aliphatic heterocycles. The van der Waals surface area contributed by atoms with Crippen molar-refractivity contribution in [3.8, 4) is 0 Å². The largest absolute Gasteiger partial charge is 0.395 e. The number of hydrogen-bond donors (Lipinski definition) is 2. The molecule has 2 aromatic rings. The number of carbonyl (C=O) groups excluding carboxylic acids is 1. The summed E-state index contributed by atoms with van der Waals surface area (Å²) in [5.41, 5.74) is 1.48. The second kappa shape index (κ2) is 8.56. The van der Waals surface area contributed by atoms with Crippen molar-refractivity contribution in [3.05, 3.63) is 33.4 Å². The molecule has 25 heavy (non-hydrogen) atoms. The number of amides is 1. The number of aromatic nitrogens is 1. The molecule has 1 amide bonds. The fraction of sp³-hybridized carbons (Fsp3) is 0.526. The Morgan fingerprint density at radius 3 is 2.68 bits per heavy atom. The summed E-state index contributed by atoms with van der Waals surface area (Å²) in [7, 11) is 0. The third kappa shape index (κ3) is 4.39. The van der Waals surface area contributed by atoms with Crippen LogP contribution in [0.3, 0.4) is 0 Å². The average molecular weight is 428 g/mol. The fourth-order valence-electron chi connectivity index (χ4n) is 3.71. The number of hydrogen-bond acceptors (Lipinski definition) is 2. The van der Waals surface area contributed by atoms with Crippen molar-refractivity contribution in [3.63, 3.8) is 0 Å². The van der Waals surface area contributed by atoms with Crippen molar-refractivity contribution in [2.75, 3.05) is 13.2 Å². The first-order chi connectivity index (χ1) is 12.1. The van der Waals surface area contributed by atoms with Crippen LogP contribution < -0.4 is 5.32 Å². The maximum Gasteiger partial charge on any atom is 0.253 e. The number of nitrogens with zero attached hydrogens (tertiary/aromatic N) is 1. The molecule has 1 aliphatic rings. The topological polar surface area (TPSA) is 54.3 Å². The van der Waals surface area contributed by atoms with Gasteiger partial charge < -0.3 is 15.0 Å². The summed E-state index contributed by atoms with van der Waals surface area (Å²) in [6, 6.07) is 3.63. The molecule has 1 saturated carbocycles. The van der Waals surface area contributed by atoms with Gasteiger partial charge in [0.15, 0.2) is 0 Å². The number of halogens is 2. The molecular formula is C19H24BrClN2O2. The molecule has 1 fully saturated rings. The van der Waals surface area contributed by atoms with E-state index in [2.05, 4.69) is 21.2 Å². The number of carbonyl (C=O) groups is 1. The maximum absolute atomic E-state index is 12.8. The van der Waals surface area contributed by atoms with Gasteiger partial charge in [0.2, 0.25) is 0 Å². The van der Waals surface area contributed by atoms with Crippen molar-refractivity contribution in [2.24, 2.45) is 5.92 Å². The van der Waals surface area contributed by atoms with E-state index in [9.17, 15) is 9.90 Å². The predicted octanol–water partition coefficient (Wildman–Crippen LogP) is 4.75. The van der Waals surface area contributed by atoms with Crippen LogP contribution in [0.15, 0.2) is 22.8 Å². The van der Waals surface area contributed by atoms with Crippen LogP contribution in [0.25, 0.3) is 10.9 Å². The zero-order valence-corrected chi connectivity index (χ0v) is 16.6. The molecule has 4 nitrogen and oxygen atoms in total. The van der Waals surface area contributed by atoms with Crippen molar-refractivity contribution < 1.29 is 9.90 Å². The van der Waals surface area contributed by atoms with Gasteiger partial charge in [-0.3, -0.25) is 4.79 Å². The zero-order chi connectivity index (χ0) is 17.8. The molecule has 1 heterocycles. The molecular weight excluding hydrogens is 404 g/mol. The van der Waals surface area contributed by atoms with Gasteiger partial charge in [0, 0.05) is 34.2 Å². The fourth-order valence-corrected chi connectivity index (χ4v) is 4.72. The van der Waals surface area contributed by atoms with E-state index in [-0.39, 0.29) is 12.5 Å². The SMILES string of the molecule is O=C(NCC1CCCCCC1)c1cn(CCO)c2cc(Cl)cc(Br)c12. The Balaban J connectivity index is 1.83. The molecule has 0 bridgehead atoms. The highest BCUT2D eigenvalue weighted by molar-refractivity contribution is 9.10. The van der Waals surface area contributed by atoms with E-state index in [1.54, 1.807) is 6.07 Å². The molecule has 0 atom stereocenters.